The topological polar surface area (TPSA) is 64.6 Å². The van der Waals surface area contributed by atoms with E-state index >= 15 is 0 Å². The van der Waals surface area contributed by atoms with E-state index in [-0.39, 0.29) is 17.9 Å². The average molecular weight is 404 g/mol. The molecule has 29 heavy (non-hydrogen) atoms. The Balaban J connectivity index is 3.00. The van der Waals surface area contributed by atoms with Crippen LogP contribution in [0.3, 0.4) is 0 Å². The summed E-state index contributed by atoms with van der Waals surface area (Å²) >= 11 is 0. The van der Waals surface area contributed by atoms with Gasteiger partial charge in [-0.2, -0.15) is 0 Å². The van der Waals surface area contributed by atoms with Gasteiger partial charge in [0.2, 0.25) is 0 Å². The van der Waals surface area contributed by atoms with Crippen molar-refractivity contribution in [3.8, 4) is 0 Å². The van der Waals surface area contributed by atoms with E-state index in [1.54, 1.807) is 0 Å². The fourth-order valence-corrected chi connectivity index (χ4v) is 2.69. The largest absolute Gasteiger partial charge is 0.460 e. The van der Waals surface area contributed by atoms with Gasteiger partial charge in [-0.1, -0.05) is 56.3 Å². The number of carbonyl (C=O) groups is 2. The minimum Gasteiger partial charge on any atom is -0.460 e. The molecule has 0 fully saturated rings. The van der Waals surface area contributed by atoms with Crippen molar-refractivity contribution in [1.82, 2.24) is 5.32 Å². The van der Waals surface area contributed by atoms with E-state index < -0.39 is 23.2 Å². The van der Waals surface area contributed by atoms with Crippen LogP contribution in [0, 0.1) is 11.8 Å². The first-order chi connectivity index (χ1) is 13.3. The number of alkyl carbamates (subject to hydrolysis) is 1. The van der Waals surface area contributed by atoms with Crippen LogP contribution in [0.25, 0.3) is 0 Å². The Labute approximate surface area is 175 Å². The molecule has 0 saturated heterocycles. The first-order valence-corrected chi connectivity index (χ1v) is 10.2. The Hall–Kier alpha value is -2.30. The van der Waals surface area contributed by atoms with Crippen molar-refractivity contribution in [2.24, 2.45) is 11.8 Å². The Kier molecular flexibility index (Phi) is 8.93. The van der Waals surface area contributed by atoms with Gasteiger partial charge in [-0.3, -0.25) is 4.79 Å². The second-order valence-corrected chi connectivity index (χ2v) is 9.63. The lowest BCUT2D eigenvalue weighted by Gasteiger charge is -2.25. The summed E-state index contributed by atoms with van der Waals surface area (Å²) in [6.07, 6.45) is 3.81. The molecule has 0 aliphatic carbocycles. The fourth-order valence-electron chi connectivity index (χ4n) is 2.69. The normalized spacial score (nSPS) is 14.5. The van der Waals surface area contributed by atoms with Crippen LogP contribution in [0.2, 0.25) is 0 Å². The minimum atomic E-state index is -0.581. The van der Waals surface area contributed by atoms with Crippen molar-refractivity contribution in [3.63, 3.8) is 0 Å². The van der Waals surface area contributed by atoms with Gasteiger partial charge in [0.1, 0.15) is 11.2 Å². The number of ether oxygens (including phenoxy) is 2. The van der Waals surface area contributed by atoms with E-state index in [4.69, 9.17) is 9.47 Å². The van der Waals surface area contributed by atoms with Gasteiger partial charge in [-0.25, -0.2) is 4.79 Å². The highest BCUT2D eigenvalue weighted by Crippen LogP contribution is 2.20. The molecule has 0 heterocycles. The van der Waals surface area contributed by atoms with Crippen LogP contribution < -0.4 is 5.32 Å². The highest BCUT2D eigenvalue weighted by molar-refractivity contribution is 5.75. The molecule has 0 aromatic heterocycles. The molecule has 0 spiro atoms. The number of carbonyl (C=O) groups excluding carboxylic acids is 2. The average Bonchev–Trinajstić information content (AvgIpc) is 2.51. The lowest BCUT2D eigenvalue weighted by molar-refractivity contribution is -0.159. The first kappa shape index (κ1) is 24.7. The standard InChI is InChI=1S/C24H37NO4/c1-17(2)20(21(26)28-23(3,4)5)15-14-19(16-18-12-10-9-11-13-18)25-22(27)29-24(6,7)8/h9-15,17,19-20H,16H2,1-8H3,(H,25,27)/b15-14+/t19-,20-/m0/s1. The maximum Gasteiger partial charge on any atom is 0.408 e. The zero-order chi connectivity index (χ0) is 22.2. The summed E-state index contributed by atoms with van der Waals surface area (Å²) in [7, 11) is 0. The van der Waals surface area contributed by atoms with Crippen LogP contribution in [0.1, 0.15) is 61.0 Å². The van der Waals surface area contributed by atoms with Gasteiger partial charge in [0.05, 0.1) is 12.0 Å². The third-order valence-corrected chi connectivity index (χ3v) is 3.95. The molecule has 162 valence electrons. The molecule has 0 bridgehead atoms. The molecule has 0 aliphatic rings. The predicted octanol–water partition coefficient (Wildman–Crippen LogP) is 5.29. The van der Waals surface area contributed by atoms with E-state index in [2.05, 4.69) is 5.32 Å². The summed E-state index contributed by atoms with van der Waals surface area (Å²) in [4.78, 5) is 24.9. The Morgan fingerprint density at radius 3 is 1.97 bits per heavy atom. The van der Waals surface area contributed by atoms with Gasteiger partial charge in [0.25, 0.3) is 0 Å². The van der Waals surface area contributed by atoms with Crippen LogP contribution >= 0.6 is 0 Å². The molecule has 1 aromatic rings. The highest BCUT2D eigenvalue weighted by atomic mass is 16.6. The van der Waals surface area contributed by atoms with Crippen molar-refractivity contribution in [3.05, 3.63) is 48.0 Å². The molecule has 1 aromatic carbocycles. The minimum absolute atomic E-state index is 0.0694. The molecule has 5 nitrogen and oxygen atoms in total. The molecular formula is C24H37NO4. The van der Waals surface area contributed by atoms with Crippen molar-refractivity contribution < 1.29 is 19.1 Å². The summed E-state index contributed by atoms with van der Waals surface area (Å²) in [6, 6.07) is 9.57. The quantitative estimate of drug-likeness (QED) is 0.496. The van der Waals surface area contributed by atoms with E-state index in [9.17, 15) is 9.59 Å². The molecule has 1 rings (SSSR count). The van der Waals surface area contributed by atoms with E-state index in [1.165, 1.54) is 0 Å². The molecule has 0 unspecified atom stereocenters. The van der Waals surface area contributed by atoms with Gasteiger partial charge in [-0.15, -0.1) is 0 Å². The number of esters is 1. The SMILES string of the molecule is CC(C)[C@H](/C=C/[C@@H](Cc1ccccc1)NC(=O)OC(C)(C)C)C(=O)OC(C)(C)C. The van der Waals surface area contributed by atoms with Crippen LogP contribution in [-0.2, 0) is 20.7 Å². The van der Waals surface area contributed by atoms with Gasteiger partial charge in [0, 0.05) is 0 Å². The van der Waals surface area contributed by atoms with Crippen molar-refractivity contribution >= 4 is 12.1 Å². The van der Waals surface area contributed by atoms with E-state index in [1.807, 2.05) is 97.9 Å². The second-order valence-electron chi connectivity index (χ2n) is 9.63. The number of nitrogens with one attached hydrogen (secondary N) is 1. The van der Waals surface area contributed by atoms with Gasteiger partial charge >= 0.3 is 12.1 Å². The molecule has 0 aliphatic heterocycles. The maximum atomic E-state index is 12.6. The first-order valence-electron chi connectivity index (χ1n) is 10.2. The summed E-state index contributed by atoms with van der Waals surface area (Å²) in [5, 5.41) is 2.90. The number of rotatable bonds is 7. The van der Waals surface area contributed by atoms with Gasteiger partial charge in [-0.05, 0) is 59.4 Å². The van der Waals surface area contributed by atoms with Crippen LogP contribution in [-0.4, -0.2) is 29.3 Å². The molecule has 0 saturated carbocycles. The number of hydrogen-bond acceptors (Lipinski definition) is 4. The van der Waals surface area contributed by atoms with Crippen molar-refractivity contribution in [2.45, 2.75) is 79.1 Å². The molecule has 2 atom stereocenters. The Morgan fingerprint density at radius 1 is 0.931 bits per heavy atom. The van der Waals surface area contributed by atoms with Crippen LogP contribution in [0.4, 0.5) is 4.79 Å². The highest BCUT2D eigenvalue weighted by Gasteiger charge is 2.26. The molecule has 1 N–H and O–H groups in total. The lowest BCUT2D eigenvalue weighted by Crippen LogP contribution is -2.39. The Bertz CT molecular complexity index is 681. The summed E-state index contributed by atoms with van der Waals surface area (Å²) in [6.45, 7) is 15.0. The maximum absolute atomic E-state index is 12.6. The molecular weight excluding hydrogens is 366 g/mol. The van der Waals surface area contributed by atoms with Crippen LogP contribution in [0.5, 0.6) is 0 Å². The lowest BCUT2D eigenvalue weighted by atomic mass is 9.93. The summed E-state index contributed by atoms with van der Waals surface area (Å²) in [5.41, 5.74) is -0.0465. The van der Waals surface area contributed by atoms with Crippen LogP contribution in [0.15, 0.2) is 42.5 Å². The van der Waals surface area contributed by atoms with E-state index in [0.717, 1.165) is 5.56 Å². The van der Waals surface area contributed by atoms with Gasteiger partial charge < -0.3 is 14.8 Å². The van der Waals surface area contributed by atoms with Crippen molar-refractivity contribution in [2.75, 3.05) is 0 Å². The Morgan fingerprint density at radius 2 is 1.48 bits per heavy atom. The molecule has 0 radical (unpaired) electrons. The number of amides is 1. The smallest absolute Gasteiger partial charge is 0.408 e. The summed E-state index contributed by atoms with van der Waals surface area (Å²) < 4.78 is 11.0. The summed E-state index contributed by atoms with van der Waals surface area (Å²) in [5.74, 6) is -0.590. The predicted molar refractivity (Wildman–Crippen MR) is 117 cm³/mol. The monoisotopic (exact) mass is 403 g/mol. The fraction of sp³-hybridized carbons (Fsp3) is 0.583. The zero-order valence-corrected chi connectivity index (χ0v) is 19.1. The van der Waals surface area contributed by atoms with Gasteiger partial charge in [0.15, 0.2) is 0 Å². The number of benzene rings is 1. The number of hydrogen-bond donors (Lipinski definition) is 1. The molecule has 1 amide bonds. The second kappa shape index (κ2) is 10.5. The third kappa shape index (κ3) is 10.7. The third-order valence-electron chi connectivity index (χ3n) is 3.95. The van der Waals surface area contributed by atoms with E-state index in [0.29, 0.717) is 6.42 Å². The zero-order valence-electron chi connectivity index (χ0n) is 19.1. The molecule has 5 heteroatoms. The van der Waals surface area contributed by atoms with Crippen molar-refractivity contribution in [1.29, 1.82) is 0 Å².